The van der Waals surface area contributed by atoms with Crippen LogP contribution >= 0.6 is 0 Å². The van der Waals surface area contributed by atoms with Gasteiger partial charge < -0.3 is 24.6 Å². The van der Waals surface area contributed by atoms with Crippen molar-refractivity contribution in [1.29, 1.82) is 0 Å². The number of rotatable bonds is 5. The highest BCUT2D eigenvalue weighted by Crippen LogP contribution is 2.32. The number of ether oxygens (including phenoxy) is 3. The van der Waals surface area contributed by atoms with Crippen LogP contribution in [0.2, 0.25) is 0 Å². The molecule has 0 radical (unpaired) electrons. The molecule has 1 aromatic rings. The zero-order chi connectivity index (χ0) is 15.2. The Morgan fingerprint density at radius 3 is 2.90 bits per heavy atom. The molecule has 0 bridgehead atoms. The molecule has 1 heterocycles. The lowest BCUT2D eigenvalue weighted by Crippen LogP contribution is -2.43. The number of methoxy groups -OCH3 is 1. The summed E-state index contributed by atoms with van der Waals surface area (Å²) in [5.74, 6) is 0.0439. The Morgan fingerprint density at radius 1 is 1.43 bits per heavy atom. The highest BCUT2D eigenvalue weighted by Gasteiger charge is 2.19. The van der Waals surface area contributed by atoms with E-state index in [0.29, 0.717) is 11.5 Å². The fourth-order valence-electron chi connectivity index (χ4n) is 1.73. The Bertz CT molecular complexity index is 569. The zero-order valence-electron chi connectivity index (χ0n) is 11.4. The smallest absolute Gasteiger partial charge is 0.330 e. The van der Waals surface area contributed by atoms with E-state index in [1.807, 2.05) is 0 Å². The van der Waals surface area contributed by atoms with Crippen LogP contribution in [0.25, 0.3) is 6.08 Å². The van der Waals surface area contributed by atoms with Crippen molar-refractivity contribution in [1.82, 2.24) is 5.32 Å². The molecule has 2 rings (SSSR count). The van der Waals surface area contributed by atoms with Gasteiger partial charge in [-0.25, -0.2) is 4.79 Å². The average molecular weight is 293 g/mol. The predicted octanol–water partition coefficient (Wildman–Crippen LogP) is 0.0786. The SMILES string of the molecule is COC(=O)C(CO)NC(=O)/C=C/c1ccc2c(c1)OCO2. The topological polar surface area (TPSA) is 94.1 Å². The van der Waals surface area contributed by atoms with Gasteiger partial charge in [-0.3, -0.25) is 4.79 Å². The first kappa shape index (κ1) is 14.9. The number of esters is 1. The molecule has 0 saturated heterocycles. The number of nitrogens with one attached hydrogen (secondary N) is 1. The molecular weight excluding hydrogens is 278 g/mol. The van der Waals surface area contributed by atoms with Crippen LogP contribution in [0.1, 0.15) is 5.56 Å². The van der Waals surface area contributed by atoms with Crippen molar-refractivity contribution in [2.75, 3.05) is 20.5 Å². The van der Waals surface area contributed by atoms with E-state index < -0.39 is 24.5 Å². The third kappa shape index (κ3) is 3.73. The van der Waals surface area contributed by atoms with Crippen LogP contribution in [0, 0.1) is 0 Å². The van der Waals surface area contributed by atoms with Gasteiger partial charge in [0, 0.05) is 6.08 Å². The van der Waals surface area contributed by atoms with Crippen molar-refractivity contribution in [2.24, 2.45) is 0 Å². The molecule has 0 spiro atoms. The summed E-state index contributed by atoms with van der Waals surface area (Å²) in [5, 5.41) is 11.3. The Morgan fingerprint density at radius 2 is 2.19 bits per heavy atom. The van der Waals surface area contributed by atoms with E-state index in [1.54, 1.807) is 24.3 Å². The van der Waals surface area contributed by atoms with E-state index in [9.17, 15) is 9.59 Å². The first-order chi connectivity index (χ1) is 10.1. The lowest BCUT2D eigenvalue weighted by atomic mass is 10.2. The number of hydrogen-bond donors (Lipinski definition) is 2. The van der Waals surface area contributed by atoms with Crippen molar-refractivity contribution in [2.45, 2.75) is 6.04 Å². The molecule has 7 heteroatoms. The van der Waals surface area contributed by atoms with E-state index >= 15 is 0 Å². The van der Waals surface area contributed by atoms with E-state index in [1.165, 1.54) is 13.2 Å². The normalized spacial score (nSPS) is 14.0. The van der Waals surface area contributed by atoms with Gasteiger partial charge in [-0.2, -0.15) is 0 Å². The Balaban J connectivity index is 1.97. The number of hydrogen-bond acceptors (Lipinski definition) is 6. The highest BCUT2D eigenvalue weighted by molar-refractivity contribution is 5.94. The fourth-order valence-corrected chi connectivity index (χ4v) is 1.73. The summed E-state index contributed by atoms with van der Waals surface area (Å²) in [6.45, 7) is -0.351. The third-order valence-corrected chi connectivity index (χ3v) is 2.81. The molecule has 2 N–H and O–H groups in total. The van der Waals surface area contributed by atoms with Crippen LogP contribution < -0.4 is 14.8 Å². The lowest BCUT2D eigenvalue weighted by Gasteiger charge is -2.11. The van der Waals surface area contributed by atoms with Gasteiger partial charge in [0.25, 0.3) is 0 Å². The van der Waals surface area contributed by atoms with Crippen molar-refractivity contribution in [3.05, 3.63) is 29.8 Å². The molecule has 0 aliphatic carbocycles. The molecule has 1 amide bonds. The van der Waals surface area contributed by atoms with Crippen molar-refractivity contribution < 1.29 is 28.9 Å². The van der Waals surface area contributed by atoms with Crippen LogP contribution in [0.4, 0.5) is 0 Å². The predicted molar refractivity (Wildman–Crippen MR) is 72.6 cm³/mol. The molecule has 1 aliphatic heterocycles. The molecule has 0 saturated carbocycles. The summed E-state index contributed by atoms with van der Waals surface area (Å²) in [6, 6.07) is 4.16. The van der Waals surface area contributed by atoms with E-state index in [0.717, 1.165) is 5.56 Å². The van der Waals surface area contributed by atoms with Gasteiger partial charge in [0.05, 0.1) is 13.7 Å². The van der Waals surface area contributed by atoms with Crippen LogP contribution in [0.5, 0.6) is 11.5 Å². The molecular formula is C14H15NO6. The number of aliphatic hydroxyl groups excluding tert-OH is 1. The monoisotopic (exact) mass is 293 g/mol. The van der Waals surface area contributed by atoms with E-state index in [-0.39, 0.29) is 6.79 Å². The first-order valence-electron chi connectivity index (χ1n) is 6.21. The van der Waals surface area contributed by atoms with Gasteiger partial charge in [-0.15, -0.1) is 0 Å². The number of carbonyl (C=O) groups is 2. The molecule has 0 aromatic heterocycles. The molecule has 1 atom stereocenters. The number of benzene rings is 1. The van der Waals surface area contributed by atoms with Crippen LogP contribution in [0.15, 0.2) is 24.3 Å². The second kappa shape index (κ2) is 6.76. The maximum absolute atomic E-state index is 11.7. The molecule has 1 aliphatic rings. The quantitative estimate of drug-likeness (QED) is 0.590. The molecule has 0 fully saturated rings. The van der Waals surface area contributed by atoms with Crippen molar-refractivity contribution in [3.8, 4) is 11.5 Å². The van der Waals surface area contributed by atoms with Gasteiger partial charge in [0.1, 0.15) is 0 Å². The number of fused-ring (bicyclic) bond motifs is 1. The second-order valence-corrected chi connectivity index (χ2v) is 4.21. The summed E-state index contributed by atoms with van der Waals surface area (Å²) in [6.07, 6.45) is 2.81. The molecule has 1 aromatic carbocycles. The van der Waals surface area contributed by atoms with Crippen molar-refractivity contribution >= 4 is 18.0 Å². The van der Waals surface area contributed by atoms with E-state index in [2.05, 4.69) is 10.1 Å². The molecule has 1 unspecified atom stereocenters. The lowest BCUT2D eigenvalue weighted by molar-refractivity contribution is -0.145. The molecule has 21 heavy (non-hydrogen) atoms. The second-order valence-electron chi connectivity index (χ2n) is 4.21. The summed E-state index contributed by atoms with van der Waals surface area (Å²) in [4.78, 5) is 22.9. The number of carbonyl (C=O) groups excluding carboxylic acids is 2. The maximum atomic E-state index is 11.7. The van der Waals surface area contributed by atoms with Gasteiger partial charge in [-0.05, 0) is 23.8 Å². The number of aliphatic hydroxyl groups is 1. The van der Waals surface area contributed by atoms with Gasteiger partial charge in [0.15, 0.2) is 17.5 Å². The summed E-state index contributed by atoms with van der Waals surface area (Å²) < 4.78 is 14.9. The van der Waals surface area contributed by atoms with Gasteiger partial charge in [-0.1, -0.05) is 6.07 Å². The standard InChI is InChI=1S/C14H15NO6/c1-19-14(18)10(7-16)15-13(17)5-3-9-2-4-11-12(6-9)21-8-20-11/h2-6,10,16H,7-8H2,1H3,(H,15,17)/b5-3+. The molecule has 7 nitrogen and oxygen atoms in total. The van der Waals surface area contributed by atoms with Crippen LogP contribution in [-0.2, 0) is 14.3 Å². The summed E-state index contributed by atoms with van der Waals surface area (Å²) in [5.41, 5.74) is 0.744. The van der Waals surface area contributed by atoms with Crippen molar-refractivity contribution in [3.63, 3.8) is 0 Å². The minimum absolute atomic E-state index is 0.181. The van der Waals surface area contributed by atoms with Gasteiger partial charge >= 0.3 is 5.97 Å². The van der Waals surface area contributed by atoms with Gasteiger partial charge in [0.2, 0.25) is 12.7 Å². The van der Waals surface area contributed by atoms with Crippen LogP contribution in [-0.4, -0.2) is 43.5 Å². The highest BCUT2D eigenvalue weighted by atomic mass is 16.7. The minimum Gasteiger partial charge on any atom is -0.467 e. The van der Waals surface area contributed by atoms with E-state index in [4.69, 9.17) is 14.6 Å². The minimum atomic E-state index is -1.08. The third-order valence-electron chi connectivity index (χ3n) is 2.81. The molecule has 112 valence electrons. The Hall–Kier alpha value is -2.54. The number of amides is 1. The first-order valence-corrected chi connectivity index (χ1v) is 6.21. The van der Waals surface area contributed by atoms with Crippen LogP contribution in [0.3, 0.4) is 0 Å². The Labute approximate surface area is 121 Å². The zero-order valence-corrected chi connectivity index (χ0v) is 11.4. The summed E-state index contributed by atoms with van der Waals surface area (Å²) >= 11 is 0. The Kier molecular flexibility index (Phi) is 4.78. The average Bonchev–Trinajstić information content (AvgIpc) is 2.97. The summed E-state index contributed by atoms with van der Waals surface area (Å²) in [7, 11) is 1.18. The fraction of sp³-hybridized carbons (Fsp3) is 0.286. The largest absolute Gasteiger partial charge is 0.467 e. The maximum Gasteiger partial charge on any atom is 0.330 e.